The molecule has 4 amide bonds. The van der Waals surface area contributed by atoms with E-state index < -0.39 is 42.1 Å². The van der Waals surface area contributed by atoms with Crippen LogP contribution in [0.1, 0.15) is 63.4 Å². The Labute approximate surface area is 224 Å². The average molecular weight is 526 g/mol. The molecule has 2 aromatic carbocycles. The third-order valence-electron chi connectivity index (χ3n) is 5.84. The van der Waals surface area contributed by atoms with E-state index in [2.05, 4.69) is 10.6 Å². The van der Waals surface area contributed by atoms with E-state index in [0.29, 0.717) is 12.1 Å². The van der Waals surface area contributed by atoms with Crippen LogP contribution in [0.25, 0.3) is 0 Å². The normalized spacial score (nSPS) is 12.7. The number of ether oxygens (including phenoxy) is 1. The molecular formula is C29H39N3O6. The van der Waals surface area contributed by atoms with Crippen molar-refractivity contribution >= 4 is 29.5 Å². The number of ketones is 1. The highest BCUT2D eigenvalue weighted by Crippen LogP contribution is 2.17. The van der Waals surface area contributed by atoms with Crippen molar-refractivity contribution in [1.29, 1.82) is 0 Å². The minimum atomic E-state index is -0.958. The molecule has 0 aliphatic rings. The fourth-order valence-corrected chi connectivity index (χ4v) is 3.61. The summed E-state index contributed by atoms with van der Waals surface area (Å²) in [4.78, 5) is 52.5. The lowest BCUT2D eigenvalue weighted by atomic mass is 10.0. The van der Waals surface area contributed by atoms with Gasteiger partial charge in [-0.15, -0.1) is 0 Å². The monoisotopic (exact) mass is 525 g/mol. The Morgan fingerprint density at radius 2 is 1.71 bits per heavy atom. The minimum Gasteiger partial charge on any atom is -0.444 e. The SMILES string of the molecule is CCC(C)CN(C(=O)N[C@@H](CCc1ccccc1)C(=O)CO)C(=O)c1cccc(NC(=O)OC(C)(C)C)c1. The van der Waals surface area contributed by atoms with E-state index in [1.54, 1.807) is 39.0 Å². The van der Waals surface area contributed by atoms with Crippen molar-refractivity contribution in [1.82, 2.24) is 10.2 Å². The highest BCUT2D eigenvalue weighted by atomic mass is 16.6. The Balaban J connectivity index is 2.23. The first kappa shape index (κ1) is 30.5. The van der Waals surface area contributed by atoms with Crippen LogP contribution < -0.4 is 10.6 Å². The number of urea groups is 1. The van der Waals surface area contributed by atoms with Gasteiger partial charge in [-0.25, -0.2) is 9.59 Å². The number of hydrogen-bond acceptors (Lipinski definition) is 6. The Kier molecular flexibility index (Phi) is 11.5. The van der Waals surface area contributed by atoms with Gasteiger partial charge in [0.05, 0.1) is 6.04 Å². The molecule has 0 aliphatic carbocycles. The molecule has 0 fully saturated rings. The van der Waals surface area contributed by atoms with E-state index >= 15 is 0 Å². The maximum Gasteiger partial charge on any atom is 0.412 e. The molecule has 1 unspecified atom stereocenters. The number of anilines is 1. The highest BCUT2D eigenvalue weighted by Gasteiger charge is 2.29. The standard InChI is InChI=1S/C29H39N3O6/c1-6-20(2)18-32(26(35)22-13-10-14-23(17-22)30-28(37)38-29(3,4)5)27(36)31-24(25(34)19-33)16-15-21-11-8-7-9-12-21/h7-14,17,20,24,33H,6,15-16,18-19H2,1-5H3,(H,30,37)(H,31,36)/t20?,24-/m0/s1. The van der Waals surface area contributed by atoms with Crippen molar-refractivity contribution in [3.63, 3.8) is 0 Å². The molecule has 0 bridgehead atoms. The average Bonchev–Trinajstić information content (AvgIpc) is 2.88. The Bertz CT molecular complexity index is 1100. The smallest absolute Gasteiger partial charge is 0.412 e. The van der Waals surface area contributed by atoms with Gasteiger partial charge in [0.1, 0.15) is 12.2 Å². The van der Waals surface area contributed by atoms with Crippen LogP contribution in [0.5, 0.6) is 0 Å². The van der Waals surface area contributed by atoms with E-state index in [-0.39, 0.29) is 24.4 Å². The zero-order valence-corrected chi connectivity index (χ0v) is 22.8. The first-order chi connectivity index (χ1) is 17.9. The lowest BCUT2D eigenvalue weighted by Crippen LogP contribution is -2.51. The van der Waals surface area contributed by atoms with Gasteiger partial charge >= 0.3 is 12.1 Å². The molecule has 0 radical (unpaired) electrons. The molecule has 2 rings (SSSR count). The van der Waals surface area contributed by atoms with E-state index in [1.807, 2.05) is 44.2 Å². The summed E-state index contributed by atoms with van der Waals surface area (Å²) in [5.74, 6) is -1.10. The topological polar surface area (TPSA) is 125 Å². The number of carbonyl (C=O) groups excluding carboxylic acids is 4. The Morgan fingerprint density at radius 1 is 1.03 bits per heavy atom. The van der Waals surface area contributed by atoms with Gasteiger partial charge in [-0.1, -0.05) is 56.7 Å². The zero-order chi connectivity index (χ0) is 28.3. The van der Waals surface area contributed by atoms with E-state index in [9.17, 15) is 24.3 Å². The second kappa shape index (κ2) is 14.3. The number of amides is 4. The summed E-state index contributed by atoms with van der Waals surface area (Å²) in [6.45, 7) is 8.50. The maximum absolute atomic E-state index is 13.5. The second-order valence-corrected chi connectivity index (χ2v) is 10.3. The summed E-state index contributed by atoms with van der Waals surface area (Å²) in [5.41, 5.74) is 0.821. The van der Waals surface area contributed by atoms with Crippen LogP contribution in [-0.4, -0.2) is 58.6 Å². The van der Waals surface area contributed by atoms with Crippen molar-refractivity contribution in [2.24, 2.45) is 5.92 Å². The lowest BCUT2D eigenvalue weighted by Gasteiger charge is -2.27. The second-order valence-electron chi connectivity index (χ2n) is 10.3. The number of nitrogens with one attached hydrogen (secondary N) is 2. The fraction of sp³-hybridized carbons (Fsp3) is 0.448. The van der Waals surface area contributed by atoms with Crippen LogP contribution >= 0.6 is 0 Å². The molecule has 0 aliphatic heterocycles. The number of hydrogen-bond donors (Lipinski definition) is 3. The van der Waals surface area contributed by atoms with Gasteiger partial charge in [-0.3, -0.25) is 19.8 Å². The zero-order valence-electron chi connectivity index (χ0n) is 22.8. The number of carbonyl (C=O) groups is 4. The van der Waals surface area contributed by atoms with Crippen molar-refractivity contribution in [3.8, 4) is 0 Å². The highest BCUT2D eigenvalue weighted by molar-refractivity contribution is 6.05. The number of aliphatic hydroxyl groups is 1. The molecule has 0 aromatic heterocycles. The van der Waals surface area contributed by atoms with Gasteiger partial charge in [-0.05, 0) is 63.3 Å². The Morgan fingerprint density at radius 3 is 2.32 bits per heavy atom. The van der Waals surface area contributed by atoms with Crippen molar-refractivity contribution in [2.45, 2.75) is 65.5 Å². The molecule has 206 valence electrons. The maximum atomic E-state index is 13.5. The molecule has 0 saturated carbocycles. The summed E-state index contributed by atoms with van der Waals surface area (Å²) >= 11 is 0. The molecule has 3 N–H and O–H groups in total. The molecular weight excluding hydrogens is 486 g/mol. The van der Waals surface area contributed by atoms with Crippen LogP contribution in [0.4, 0.5) is 15.3 Å². The largest absolute Gasteiger partial charge is 0.444 e. The fourth-order valence-electron chi connectivity index (χ4n) is 3.61. The van der Waals surface area contributed by atoms with Gasteiger partial charge in [0.2, 0.25) is 0 Å². The lowest BCUT2D eigenvalue weighted by molar-refractivity contribution is -0.123. The van der Waals surface area contributed by atoms with E-state index in [4.69, 9.17) is 4.74 Å². The summed E-state index contributed by atoms with van der Waals surface area (Å²) in [5, 5.41) is 14.7. The van der Waals surface area contributed by atoms with Crippen LogP contribution in [0.2, 0.25) is 0 Å². The summed E-state index contributed by atoms with van der Waals surface area (Å²) in [7, 11) is 0. The third-order valence-corrected chi connectivity index (χ3v) is 5.84. The number of rotatable bonds is 11. The van der Waals surface area contributed by atoms with Gasteiger partial charge in [-0.2, -0.15) is 0 Å². The molecule has 9 heteroatoms. The predicted molar refractivity (Wildman–Crippen MR) is 146 cm³/mol. The van der Waals surface area contributed by atoms with E-state index in [0.717, 1.165) is 16.9 Å². The van der Waals surface area contributed by atoms with E-state index in [1.165, 1.54) is 6.07 Å². The molecule has 38 heavy (non-hydrogen) atoms. The summed E-state index contributed by atoms with van der Waals surface area (Å²) < 4.78 is 5.26. The molecule has 0 saturated heterocycles. The molecule has 2 aromatic rings. The number of aliphatic hydroxyl groups excluding tert-OH is 1. The van der Waals surface area contributed by atoms with Crippen LogP contribution in [0.3, 0.4) is 0 Å². The number of aryl methyl sites for hydroxylation is 1. The van der Waals surface area contributed by atoms with Gasteiger partial charge in [0.25, 0.3) is 5.91 Å². The number of imide groups is 1. The molecule has 0 spiro atoms. The third kappa shape index (κ3) is 9.97. The van der Waals surface area contributed by atoms with Gasteiger partial charge in [0.15, 0.2) is 5.78 Å². The minimum absolute atomic E-state index is 0.00378. The number of nitrogens with zero attached hydrogens (tertiary/aromatic N) is 1. The van der Waals surface area contributed by atoms with Crippen LogP contribution in [0, 0.1) is 5.92 Å². The van der Waals surface area contributed by atoms with Crippen molar-refractivity contribution < 1.29 is 29.0 Å². The van der Waals surface area contributed by atoms with Crippen LogP contribution in [0.15, 0.2) is 54.6 Å². The first-order valence-corrected chi connectivity index (χ1v) is 12.8. The quantitative estimate of drug-likeness (QED) is 0.387. The molecule has 2 atom stereocenters. The number of Topliss-reactive ketones (excluding diaryl/α,β-unsaturated/α-hetero) is 1. The van der Waals surface area contributed by atoms with Crippen LogP contribution in [-0.2, 0) is 16.0 Å². The molecule has 9 nitrogen and oxygen atoms in total. The van der Waals surface area contributed by atoms with Gasteiger partial charge in [0, 0.05) is 17.8 Å². The van der Waals surface area contributed by atoms with Gasteiger partial charge < -0.3 is 15.2 Å². The summed E-state index contributed by atoms with van der Waals surface area (Å²) in [6.07, 6.45) is 0.843. The first-order valence-electron chi connectivity index (χ1n) is 12.8. The van der Waals surface area contributed by atoms with Crippen molar-refractivity contribution in [3.05, 3.63) is 65.7 Å². The molecule has 0 heterocycles. The van der Waals surface area contributed by atoms with Crippen molar-refractivity contribution in [2.75, 3.05) is 18.5 Å². The Hall–Kier alpha value is -3.72. The predicted octanol–water partition coefficient (Wildman–Crippen LogP) is 4.79. The number of benzene rings is 2. The summed E-state index contributed by atoms with van der Waals surface area (Å²) in [6, 6.07) is 14.0.